The van der Waals surface area contributed by atoms with Crippen molar-refractivity contribution in [3.63, 3.8) is 0 Å². The van der Waals surface area contributed by atoms with Crippen LogP contribution in [0.5, 0.6) is 0 Å². The Labute approximate surface area is 126 Å². The summed E-state index contributed by atoms with van der Waals surface area (Å²) in [4.78, 5) is 20.5. The van der Waals surface area contributed by atoms with Gasteiger partial charge in [0.25, 0.3) is 5.91 Å². The number of hydrogen-bond acceptors (Lipinski definition) is 5. The van der Waals surface area contributed by atoms with Crippen molar-refractivity contribution in [2.45, 2.75) is 13.1 Å². The molecule has 2 aromatic rings. The molecule has 2 rings (SSSR count). The molecule has 0 N–H and O–H groups in total. The Morgan fingerprint density at radius 2 is 2.00 bits per heavy atom. The summed E-state index contributed by atoms with van der Waals surface area (Å²) in [6.07, 6.45) is -4.68. The molecule has 5 nitrogen and oxygen atoms in total. The fourth-order valence-electron chi connectivity index (χ4n) is 1.47. The SMILES string of the molecule is Cc1nsc(N(C)C(=O)c2cc(Cl)nc(C(F)(F)F)c2)n1. The lowest BCUT2D eigenvalue weighted by atomic mass is 10.2. The van der Waals surface area contributed by atoms with Crippen molar-refractivity contribution >= 4 is 34.2 Å². The topological polar surface area (TPSA) is 59.0 Å². The first-order valence-electron chi connectivity index (χ1n) is 5.51. The largest absolute Gasteiger partial charge is 0.433 e. The third kappa shape index (κ3) is 3.48. The van der Waals surface area contributed by atoms with E-state index in [1.165, 1.54) is 7.05 Å². The second-order valence-electron chi connectivity index (χ2n) is 4.05. The first kappa shape index (κ1) is 15.6. The van der Waals surface area contributed by atoms with Gasteiger partial charge < -0.3 is 0 Å². The van der Waals surface area contributed by atoms with Crippen molar-refractivity contribution in [1.82, 2.24) is 14.3 Å². The van der Waals surface area contributed by atoms with E-state index in [0.29, 0.717) is 11.9 Å². The molecule has 0 aromatic carbocycles. The molecule has 0 aliphatic heterocycles. The van der Waals surface area contributed by atoms with Crippen molar-refractivity contribution in [1.29, 1.82) is 0 Å². The quantitative estimate of drug-likeness (QED) is 0.790. The number of pyridine rings is 1. The molecular formula is C11H8ClF3N4OS. The molecule has 0 radical (unpaired) electrons. The van der Waals surface area contributed by atoms with Gasteiger partial charge in [-0.3, -0.25) is 9.69 Å². The number of hydrogen-bond donors (Lipinski definition) is 0. The Kier molecular flexibility index (Phi) is 4.15. The van der Waals surface area contributed by atoms with Gasteiger partial charge in [-0.05, 0) is 19.1 Å². The van der Waals surface area contributed by atoms with E-state index in [0.717, 1.165) is 22.5 Å². The van der Waals surface area contributed by atoms with E-state index >= 15 is 0 Å². The van der Waals surface area contributed by atoms with Gasteiger partial charge in [0.2, 0.25) is 5.13 Å². The molecule has 0 bridgehead atoms. The molecule has 1 amide bonds. The van der Waals surface area contributed by atoms with E-state index in [-0.39, 0.29) is 10.7 Å². The number of aryl methyl sites for hydroxylation is 1. The van der Waals surface area contributed by atoms with Gasteiger partial charge in [-0.1, -0.05) is 11.6 Å². The van der Waals surface area contributed by atoms with Crippen LogP contribution in [-0.2, 0) is 6.18 Å². The monoisotopic (exact) mass is 336 g/mol. The van der Waals surface area contributed by atoms with Crippen molar-refractivity contribution in [3.05, 3.63) is 34.4 Å². The highest BCUT2D eigenvalue weighted by molar-refractivity contribution is 7.09. The van der Waals surface area contributed by atoms with Crippen molar-refractivity contribution in [2.75, 3.05) is 11.9 Å². The molecule has 0 spiro atoms. The molecular weight excluding hydrogens is 329 g/mol. The van der Waals surface area contributed by atoms with E-state index in [2.05, 4.69) is 14.3 Å². The Balaban J connectivity index is 2.37. The minimum Gasteiger partial charge on any atom is -0.286 e. The van der Waals surface area contributed by atoms with Gasteiger partial charge in [-0.15, -0.1) is 0 Å². The van der Waals surface area contributed by atoms with Crippen LogP contribution in [-0.4, -0.2) is 27.3 Å². The van der Waals surface area contributed by atoms with Crippen molar-refractivity contribution < 1.29 is 18.0 Å². The number of rotatable bonds is 2. The average molecular weight is 337 g/mol. The summed E-state index contributed by atoms with van der Waals surface area (Å²) in [7, 11) is 1.39. The van der Waals surface area contributed by atoms with Gasteiger partial charge in [0.1, 0.15) is 16.7 Å². The second kappa shape index (κ2) is 5.57. The first-order chi connectivity index (χ1) is 9.68. The summed E-state index contributed by atoms with van der Waals surface area (Å²) in [5.41, 5.74) is -1.45. The van der Waals surface area contributed by atoms with Crippen LogP contribution in [0.3, 0.4) is 0 Å². The fourth-order valence-corrected chi connectivity index (χ4v) is 2.31. The Morgan fingerprint density at radius 1 is 1.33 bits per heavy atom. The third-order valence-corrected chi connectivity index (χ3v) is 3.52. The molecule has 0 atom stereocenters. The van der Waals surface area contributed by atoms with Gasteiger partial charge in [-0.25, -0.2) is 9.97 Å². The summed E-state index contributed by atoms with van der Waals surface area (Å²) in [5, 5.41) is -0.131. The number of amides is 1. The van der Waals surface area contributed by atoms with Gasteiger partial charge >= 0.3 is 6.18 Å². The number of carbonyl (C=O) groups is 1. The molecule has 2 heterocycles. The zero-order valence-corrected chi connectivity index (χ0v) is 12.3. The maximum Gasteiger partial charge on any atom is 0.433 e. The standard InChI is InChI=1S/C11H8ClF3N4OS/c1-5-16-10(21-18-5)19(2)9(20)6-3-7(11(13,14)15)17-8(12)4-6/h3-4H,1-2H3. The van der Waals surface area contributed by atoms with Gasteiger partial charge in [-0.2, -0.15) is 17.5 Å². The van der Waals surface area contributed by atoms with Crippen LogP contribution in [0.4, 0.5) is 18.3 Å². The predicted octanol–water partition coefficient (Wildman–Crippen LogP) is 3.19. The van der Waals surface area contributed by atoms with Crippen LogP contribution in [0.15, 0.2) is 12.1 Å². The molecule has 0 aliphatic carbocycles. The first-order valence-corrected chi connectivity index (χ1v) is 6.67. The van der Waals surface area contributed by atoms with Crippen LogP contribution in [0.2, 0.25) is 5.15 Å². The van der Waals surface area contributed by atoms with E-state index < -0.39 is 22.9 Å². The minimum absolute atomic E-state index is 0.224. The Morgan fingerprint density at radius 3 is 2.52 bits per heavy atom. The zero-order chi connectivity index (χ0) is 15.8. The fraction of sp³-hybridized carbons (Fsp3) is 0.273. The highest BCUT2D eigenvalue weighted by Gasteiger charge is 2.34. The number of alkyl halides is 3. The molecule has 0 unspecified atom stereocenters. The van der Waals surface area contributed by atoms with Crippen LogP contribution < -0.4 is 4.90 Å². The van der Waals surface area contributed by atoms with Crippen LogP contribution in [0.25, 0.3) is 0 Å². The number of anilines is 1. The summed E-state index contributed by atoms with van der Waals surface area (Å²) in [6, 6.07) is 1.72. The van der Waals surface area contributed by atoms with Crippen LogP contribution in [0, 0.1) is 6.92 Å². The highest BCUT2D eigenvalue weighted by atomic mass is 35.5. The van der Waals surface area contributed by atoms with E-state index in [9.17, 15) is 18.0 Å². The lowest BCUT2D eigenvalue weighted by molar-refractivity contribution is -0.141. The summed E-state index contributed by atoms with van der Waals surface area (Å²) >= 11 is 6.52. The summed E-state index contributed by atoms with van der Waals surface area (Å²) in [6.45, 7) is 1.64. The van der Waals surface area contributed by atoms with Crippen LogP contribution >= 0.6 is 23.1 Å². The lowest BCUT2D eigenvalue weighted by Crippen LogP contribution is -2.26. The Bertz CT molecular complexity index is 688. The lowest BCUT2D eigenvalue weighted by Gasteiger charge is -2.14. The molecule has 0 aliphatic rings. The second-order valence-corrected chi connectivity index (χ2v) is 5.17. The molecule has 112 valence electrons. The number of carbonyl (C=O) groups excluding carboxylic acids is 1. The summed E-state index contributed by atoms with van der Waals surface area (Å²) < 4.78 is 41.9. The molecule has 21 heavy (non-hydrogen) atoms. The number of aromatic nitrogens is 3. The van der Waals surface area contributed by atoms with Crippen molar-refractivity contribution in [2.24, 2.45) is 0 Å². The Hall–Kier alpha value is -1.74. The molecule has 2 aromatic heterocycles. The summed E-state index contributed by atoms with van der Waals surface area (Å²) in [5.74, 6) is -0.209. The van der Waals surface area contributed by atoms with E-state index in [1.807, 2.05) is 0 Å². The number of halogens is 4. The van der Waals surface area contributed by atoms with E-state index in [1.54, 1.807) is 6.92 Å². The molecule has 0 saturated heterocycles. The highest BCUT2D eigenvalue weighted by Crippen LogP contribution is 2.30. The molecule has 0 fully saturated rings. The zero-order valence-electron chi connectivity index (χ0n) is 10.8. The maximum absolute atomic E-state index is 12.7. The normalized spacial score (nSPS) is 11.5. The molecule has 0 saturated carbocycles. The van der Waals surface area contributed by atoms with Crippen molar-refractivity contribution in [3.8, 4) is 0 Å². The molecule has 10 heteroatoms. The minimum atomic E-state index is -4.68. The average Bonchev–Trinajstić information content (AvgIpc) is 2.82. The van der Waals surface area contributed by atoms with Gasteiger partial charge in [0.05, 0.1) is 0 Å². The smallest absolute Gasteiger partial charge is 0.286 e. The van der Waals surface area contributed by atoms with Gasteiger partial charge in [0, 0.05) is 24.1 Å². The van der Waals surface area contributed by atoms with E-state index in [4.69, 9.17) is 11.6 Å². The van der Waals surface area contributed by atoms with Gasteiger partial charge in [0.15, 0.2) is 0 Å². The van der Waals surface area contributed by atoms with Crippen LogP contribution in [0.1, 0.15) is 21.9 Å². The predicted molar refractivity (Wildman–Crippen MR) is 71.6 cm³/mol. The number of nitrogens with zero attached hydrogens (tertiary/aromatic N) is 4. The maximum atomic E-state index is 12.7. The third-order valence-electron chi connectivity index (χ3n) is 2.44.